The molecule has 0 fully saturated rings. The highest BCUT2D eigenvalue weighted by molar-refractivity contribution is 7.89. The third-order valence-corrected chi connectivity index (χ3v) is 3.70. The molecule has 0 unspecified atom stereocenters. The predicted octanol–water partition coefficient (Wildman–Crippen LogP) is 1.25. The van der Waals surface area contributed by atoms with Crippen molar-refractivity contribution in [2.75, 3.05) is 18.9 Å². The molecule has 1 aromatic rings. The van der Waals surface area contributed by atoms with E-state index in [0.29, 0.717) is 0 Å². The number of halogens is 2. The van der Waals surface area contributed by atoms with Crippen LogP contribution in [0, 0.1) is 11.6 Å². The summed E-state index contributed by atoms with van der Waals surface area (Å²) < 4.78 is 57.4. The third-order valence-electron chi connectivity index (χ3n) is 2.23. The molecule has 3 N–H and O–H groups in total. The highest BCUT2D eigenvalue weighted by Crippen LogP contribution is 2.22. The maximum Gasteiger partial charge on any atom is 0.243 e. The fourth-order valence-electron chi connectivity index (χ4n) is 1.31. The fraction of sp³-hybridized carbons (Fsp3) is 0.455. The van der Waals surface area contributed by atoms with Crippen LogP contribution >= 0.6 is 0 Å². The molecule has 0 aliphatic carbocycles. The van der Waals surface area contributed by atoms with E-state index >= 15 is 0 Å². The van der Waals surface area contributed by atoms with Crippen LogP contribution in [0.5, 0.6) is 0 Å². The summed E-state index contributed by atoms with van der Waals surface area (Å²) in [5.74, 6) is -2.29. The zero-order chi connectivity index (χ0) is 14.6. The fourth-order valence-corrected chi connectivity index (χ4v) is 2.41. The summed E-state index contributed by atoms with van der Waals surface area (Å²) in [6.07, 6.45) is -0.0392. The van der Waals surface area contributed by atoms with Crippen molar-refractivity contribution in [3.8, 4) is 0 Å². The summed E-state index contributed by atoms with van der Waals surface area (Å²) in [6.45, 7) is 3.73. The van der Waals surface area contributed by atoms with Gasteiger partial charge in [-0.15, -0.1) is 0 Å². The van der Waals surface area contributed by atoms with E-state index in [1.54, 1.807) is 13.8 Å². The smallest absolute Gasteiger partial charge is 0.243 e. The van der Waals surface area contributed by atoms with Crippen molar-refractivity contribution >= 4 is 15.7 Å². The molecule has 0 atom stereocenters. The van der Waals surface area contributed by atoms with Crippen molar-refractivity contribution in [2.45, 2.75) is 24.8 Å². The van der Waals surface area contributed by atoms with Gasteiger partial charge in [-0.3, -0.25) is 0 Å². The van der Waals surface area contributed by atoms with Gasteiger partial charge in [-0.2, -0.15) is 0 Å². The Labute approximate surface area is 110 Å². The largest absolute Gasteiger partial charge is 0.394 e. The molecule has 1 aromatic carbocycles. The average Bonchev–Trinajstić information content (AvgIpc) is 2.31. The van der Waals surface area contributed by atoms with E-state index in [2.05, 4.69) is 4.72 Å². The SMILES string of the molecule is CC(C)OCCNS(=O)(=O)c1ccc(F)c(N)c1F. The number of sulfonamides is 1. The second-order valence-corrected chi connectivity index (χ2v) is 5.83. The van der Waals surface area contributed by atoms with Crippen LogP contribution in [0.3, 0.4) is 0 Å². The molecule has 0 saturated heterocycles. The van der Waals surface area contributed by atoms with Gasteiger partial charge in [0.2, 0.25) is 10.0 Å². The van der Waals surface area contributed by atoms with Crippen LogP contribution < -0.4 is 10.5 Å². The van der Waals surface area contributed by atoms with Crippen LogP contribution in [0.25, 0.3) is 0 Å². The van der Waals surface area contributed by atoms with E-state index in [1.165, 1.54) is 0 Å². The topological polar surface area (TPSA) is 81.4 Å². The minimum absolute atomic E-state index is 0.0166. The number of benzene rings is 1. The minimum Gasteiger partial charge on any atom is -0.394 e. The molecule has 0 saturated carbocycles. The number of ether oxygens (including phenoxy) is 1. The molecule has 0 spiro atoms. The summed E-state index contributed by atoms with van der Waals surface area (Å²) in [4.78, 5) is -0.684. The molecule has 108 valence electrons. The lowest BCUT2D eigenvalue weighted by Crippen LogP contribution is -2.29. The zero-order valence-electron chi connectivity index (χ0n) is 10.6. The first-order valence-corrected chi connectivity index (χ1v) is 7.08. The lowest BCUT2D eigenvalue weighted by Gasteiger charge is -2.10. The van der Waals surface area contributed by atoms with Gasteiger partial charge in [0.1, 0.15) is 16.4 Å². The molecule has 0 aromatic heterocycles. The second-order valence-electron chi connectivity index (χ2n) is 4.09. The van der Waals surface area contributed by atoms with Crippen molar-refractivity contribution in [2.24, 2.45) is 0 Å². The Morgan fingerprint density at radius 2 is 2.00 bits per heavy atom. The molecule has 0 amide bonds. The van der Waals surface area contributed by atoms with Gasteiger partial charge >= 0.3 is 0 Å². The Hall–Kier alpha value is -1.25. The van der Waals surface area contributed by atoms with Crippen LogP contribution in [-0.2, 0) is 14.8 Å². The lowest BCUT2D eigenvalue weighted by molar-refractivity contribution is 0.0834. The van der Waals surface area contributed by atoms with Crippen molar-refractivity contribution in [1.82, 2.24) is 4.72 Å². The number of nitrogen functional groups attached to an aromatic ring is 1. The normalized spacial score (nSPS) is 12.1. The van der Waals surface area contributed by atoms with Gasteiger partial charge in [-0.1, -0.05) is 0 Å². The Kier molecular flexibility index (Phi) is 5.21. The molecule has 0 aliphatic rings. The lowest BCUT2D eigenvalue weighted by atomic mass is 10.3. The molecular formula is C11H16F2N2O3S. The minimum atomic E-state index is -4.08. The van der Waals surface area contributed by atoms with Crippen molar-refractivity contribution in [1.29, 1.82) is 0 Å². The van der Waals surface area contributed by atoms with E-state index in [9.17, 15) is 17.2 Å². The average molecular weight is 294 g/mol. The maximum absolute atomic E-state index is 13.6. The summed E-state index contributed by atoms with van der Waals surface area (Å²) in [6, 6.07) is 1.63. The third kappa shape index (κ3) is 4.12. The number of anilines is 1. The van der Waals surface area contributed by atoms with E-state index in [4.69, 9.17) is 10.5 Å². The van der Waals surface area contributed by atoms with Crippen LogP contribution in [0.2, 0.25) is 0 Å². The van der Waals surface area contributed by atoms with Crippen molar-refractivity contribution in [3.63, 3.8) is 0 Å². The first-order valence-electron chi connectivity index (χ1n) is 5.60. The first kappa shape index (κ1) is 15.8. The van der Waals surface area contributed by atoms with Gasteiger partial charge < -0.3 is 10.5 Å². The van der Waals surface area contributed by atoms with Gasteiger partial charge in [0.25, 0.3) is 0 Å². The molecule has 0 bridgehead atoms. The van der Waals surface area contributed by atoms with Crippen LogP contribution in [0.15, 0.2) is 17.0 Å². The second kappa shape index (κ2) is 6.27. The monoisotopic (exact) mass is 294 g/mol. The highest BCUT2D eigenvalue weighted by Gasteiger charge is 2.22. The number of nitrogens with one attached hydrogen (secondary N) is 1. The summed E-state index contributed by atoms with van der Waals surface area (Å²) >= 11 is 0. The molecule has 19 heavy (non-hydrogen) atoms. The molecule has 0 heterocycles. The summed E-state index contributed by atoms with van der Waals surface area (Å²) in [5.41, 5.74) is 4.29. The van der Waals surface area contributed by atoms with Crippen molar-refractivity contribution in [3.05, 3.63) is 23.8 Å². The molecule has 1 rings (SSSR count). The van der Waals surface area contributed by atoms with Crippen molar-refractivity contribution < 1.29 is 21.9 Å². The van der Waals surface area contributed by atoms with E-state index < -0.39 is 32.2 Å². The first-order chi connectivity index (χ1) is 8.75. The summed E-state index contributed by atoms with van der Waals surface area (Å²) in [5, 5.41) is 0. The van der Waals surface area contributed by atoms with Gasteiger partial charge in [0.15, 0.2) is 5.82 Å². The Balaban J connectivity index is 2.81. The van der Waals surface area contributed by atoms with Crippen LogP contribution in [0.1, 0.15) is 13.8 Å². The Morgan fingerprint density at radius 3 is 2.58 bits per heavy atom. The van der Waals surface area contributed by atoms with E-state index in [0.717, 1.165) is 12.1 Å². The van der Waals surface area contributed by atoms with E-state index in [-0.39, 0.29) is 19.3 Å². The van der Waals surface area contributed by atoms with Crippen LogP contribution in [0.4, 0.5) is 14.5 Å². The molecule has 0 aliphatic heterocycles. The molecule has 5 nitrogen and oxygen atoms in total. The standard InChI is InChI=1S/C11H16F2N2O3S/c1-7(2)18-6-5-15-19(16,17)9-4-3-8(12)11(14)10(9)13/h3-4,7,15H,5-6,14H2,1-2H3. The summed E-state index contributed by atoms with van der Waals surface area (Å²) in [7, 11) is -4.08. The Bertz CT molecular complexity index is 547. The van der Waals surface area contributed by atoms with Crippen LogP contribution in [-0.4, -0.2) is 27.7 Å². The van der Waals surface area contributed by atoms with Gasteiger partial charge in [0.05, 0.1) is 12.7 Å². The zero-order valence-corrected chi connectivity index (χ0v) is 11.4. The van der Waals surface area contributed by atoms with E-state index in [1.807, 2.05) is 0 Å². The quantitative estimate of drug-likeness (QED) is 0.611. The molecular weight excluding hydrogens is 278 g/mol. The van der Waals surface area contributed by atoms with Gasteiger partial charge in [0, 0.05) is 6.54 Å². The number of rotatable bonds is 6. The predicted molar refractivity (Wildman–Crippen MR) is 67.0 cm³/mol. The maximum atomic E-state index is 13.6. The Morgan fingerprint density at radius 1 is 1.37 bits per heavy atom. The number of nitrogens with two attached hydrogens (primary N) is 1. The molecule has 8 heteroatoms. The van der Waals surface area contributed by atoms with Gasteiger partial charge in [-0.25, -0.2) is 21.9 Å². The highest BCUT2D eigenvalue weighted by atomic mass is 32.2. The van der Waals surface area contributed by atoms with Gasteiger partial charge in [-0.05, 0) is 26.0 Å². The molecule has 0 radical (unpaired) electrons. The number of hydrogen-bond donors (Lipinski definition) is 2. The number of hydrogen-bond acceptors (Lipinski definition) is 4.